The summed E-state index contributed by atoms with van der Waals surface area (Å²) in [6.07, 6.45) is 1.24. The van der Waals surface area contributed by atoms with E-state index in [-0.39, 0.29) is 33.7 Å². The van der Waals surface area contributed by atoms with Gasteiger partial charge in [0, 0.05) is 12.1 Å². The zero-order chi connectivity index (χ0) is 15.0. The zero-order valence-corrected chi connectivity index (χ0v) is 10.6. The zero-order valence-electron chi connectivity index (χ0n) is 10.6. The Morgan fingerprint density at radius 1 is 1.05 bits per heavy atom. The van der Waals surface area contributed by atoms with Gasteiger partial charge in [0.05, 0.1) is 5.56 Å². The Kier molecular flexibility index (Phi) is 2.91. The van der Waals surface area contributed by atoms with Crippen LogP contribution in [0.15, 0.2) is 57.0 Å². The molecule has 0 saturated heterocycles. The number of fused-ring (bicyclic) bond motifs is 1. The molecule has 0 unspecified atom stereocenters. The molecule has 6 heteroatoms. The molecule has 0 bridgehead atoms. The van der Waals surface area contributed by atoms with E-state index in [4.69, 9.17) is 4.42 Å². The topological polar surface area (TPSA) is 100 Å². The molecule has 0 radical (unpaired) electrons. The number of phenols is 2. The minimum atomic E-state index is -0.430. The summed E-state index contributed by atoms with van der Waals surface area (Å²) in [4.78, 5) is 22.8. The molecule has 1 heterocycles. The molecule has 0 fully saturated rings. The van der Waals surface area contributed by atoms with Gasteiger partial charge in [-0.25, -0.2) is 0 Å². The highest BCUT2D eigenvalue weighted by molar-refractivity contribution is 5.88. The molecule has 0 aliphatic rings. The maximum absolute atomic E-state index is 12.4. The Labute approximate surface area is 117 Å². The van der Waals surface area contributed by atoms with E-state index in [2.05, 4.69) is 5.18 Å². The number of phenolic OH excluding ortho intramolecular Hbond substituents is 2. The van der Waals surface area contributed by atoms with Crippen molar-refractivity contribution in [2.75, 3.05) is 0 Å². The molecule has 0 aliphatic heterocycles. The van der Waals surface area contributed by atoms with Crippen LogP contribution in [0.5, 0.6) is 11.5 Å². The number of nitroso groups, excluding NO2 is 1. The van der Waals surface area contributed by atoms with Crippen LogP contribution in [0.2, 0.25) is 0 Å². The van der Waals surface area contributed by atoms with Crippen LogP contribution in [-0.2, 0) is 0 Å². The highest BCUT2D eigenvalue weighted by atomic mass is 16.3. The van der Waals surface area contributed by atoms with E-state index in [9.17, 15) is 19.9 Å². The van der Waals surface area contributed by atoms with Crippen molar-refractivity contribution in [2.24, 2.45) is 5.18 Å². The number of rotatable bonds is 2. The van der Waals surface area contributed by atoms with Crippen molar-refractivity contribution in [3.63, 3.8) is 0 Å². The number of benzene rings is 2. The first-order valence-electron chi connectivity index (χ1n) is 6.01. The first-order valence-corrected chi connectivity index (χ1v) is 6.01. The molecule has 0 aliphatic carbocycles. The molecule has 0 saturated carbocycles. The molecule has 6 nitrogen and oxygen atoms in total. The molecular weight excluding hydrogens is 274 g/mol. The van der Waals surface area contributed by atoms with Gasteiger partial charge in [0.2, 0.25) is 5.43 Å². The van der Waals surface area contributed by atoms with Gasteiger partial charge in [0.1, 0.15) is 34.4 Å². The third kappa shape index (κ3) is 2.12. The molecule has 0 amide bonds. The number of nitrogens with zero attached hydrogens (tertiary/aromatic N) is 1. The van der Waals surface area contributed by atoms with Crippen molar-refractivity contribution >= 4 is 16.7 Å². The molecule has 21 heavy (non-hydrogen) atoms. The van der Waals surface area contributed by atoms with Crippen LogP contribution >= 0.6 is 0 Å². The van der Waals surface area contributed by atoms with Crippen LogP contribution in [0.25, 0.3) is 22.1 Å². The quantitative estimate of drug-likeness (QED) is 0.703. The molecule has 2 aromatic carbocycles. The highest BCUT2D eigenvalue weighted by Gasteiger charge is 2.13. The summed E-state index contributed by atoms with van der Waals surface area (Å²) in [6.45, 7) is 0. The van der Waals surface area contributed by atoms with E-state index in [1.165, 1.54) is 24.5 Å². The van der Waals surface area contributed by atoms with Crippen LogP contribution in [0, 0.1) is 4.91 Å². The van der Waals surface area contributed by atoms with Gasteiger partial charge in [-0.1, -0.05) is 12.1 Å². The van der Waals surface area contributed by atoms with Crippen molar-refractivity contribution < 1.29 is 14.6 Å². The third-order valence-corrected chi connectivity index (χ3v) is 3.13. The summed E-state index contributed by atoms with van der Waals surface area (Å²) < 4.78 is 5.29. The van der Waals surface area contributed by atoms with Gasteiger partial charge in [-0.3, -0.25) is 4.79 Å². The second-order valence-electron chi connectivity index (χ2n) is 4.45. The maximum Gasteiger partial charge on any atom is 0.204 e. The Morgan fingerprint density at radius 2 is 1.76 bits per heavy atom. The SMILES string of the molecule is O=Nc1ccc(-c2coc3cc(O)cc(O)c3c2=O)cc1. The molecule has 0 atom stereocenters. The summed E-state index contributed by atoms with van der Waals surface area (Å²) >= 11 is 0. The third-order valence-electron chi connectivity index (χ3n) is 3.13. The molecule has 104 valence electrons. The van der Waals surface area contributed by atoms with Gasteiger partial charge in [-0.15, -0.1) is 4.91 Å². The fourth-order valence-electron chi connectivity index (χ4n) is 2.12. The number of aromatic hydroxyl groups is 2. The second-order valence-corrected chi connectivity index (χ2v) is 4.45. The minimum absolute atomic E-state index is 0.0112. The van der Waals surface area contributed by atoms with Gasteiger partial charge in [-0.05, 0) is 22.9 Å². The van der Waals surface area contributed by atoms with Crippen LogP contribution in [0.1, 0.15) is 0 Å². The van der Waals surface area contributed by atoms with E-state index >= 15 is 0 Å². The highest BCUT2D eigenvalue weighted by Crippen LogP contribution is 2.29. The molecule has 3 aromatic rings. The monoisotopic (exact) mass is 283 g/mol. The lowest BCUT2D eigenvalue weighted by Crippen LogP contribution is -2.04. The molecule has 1 aromatic heterocycles. The van der Waals surface area contributed by atoms with Crippen LogP contribution in [-0.4, -0.2) is 10.2 Å². The van der Waals surface area contributed by atoms with Gasteiger partial charge < -0.3 is 14.6 Å². The van der Waals surface area contributed by atoms with Crippen molar-refractivity contribution in [3.05, 3.63) is 57.8 Å². The van der Waals surface area contributed by atoms with Crippen molar-refractivity contribution in [1.82, 2.24) is 0 Å². The number of hydrogen-bond acceptors (Lipinski definition) is 6. The Bertz CT molecular complexity index is 896. The number of hydrogen-bond donors (Lipinski definition) is 2. The first kappa shape index (κ1) is 12.9. The fraction of sp³-hybridized carbons (Fsp3) is 0. The van der Waals surface area contributed by atoms with Gasteiger partial charge in [0.25, 0.3) is 0 Å². The van der Waals surface area contributed by atoms with Crippen LogP contribution in [0.4, 0.5) is 5.69 Å². The molecular formula is C15H9NO5. The average molecular weight is 283 g/mol. The minimum Gasteiger partial charge on any atom is -0.508 e. The van der Waals surface area contributed by atoms with Crippen molar-refractivity contribution in [3.8, 4) is 22.6 Å². The van der Waals surface area contributed by atoms with Gasteiger partial charge >= 0.3 is 0 Å². The Balaban J connectivity index is 2.26. The van der Waals surface area contributed by atoms with E-state index in [1.54, 1.807) is 12.1 Å². The summed E-state index contributed by atoms with van der Waals surface area (Å²) in [5, 5.41) is 22.0. The van der Waals surface area contributed by atoms with Crippen molar-refractivity contribution in [2.45, 2.75) is 0 Å². The predicted octanol–water partition coefficient (Wildman–Crippen LogP) is 3.27. The van der Waals surface area contributed by atoms with E-state index in [0.717, 1.165) is 6.07 Å². The summed E-state index contributed by atoms with van der Waals surface area (Å²) in [7, 11) is 0. The average Bonchev–Trinajstić information content (AvgIpc) is 2.47. The van der Waals surface area contributed by atoms with Gasteiger partial charge in [0.15, 0.2) is 0 Å². The summed E-state index contributed by atoms with van der Waals surface area (Å²) in [5.41, 5.74) is 0.677. The van der Waals surface area contributed by atoms with E-state index in [0.29, 0.717) is 5.56 Å². The lowest BCUT2D eigenvalue weighted by Gasteiger charge is -2.05. The van der Waals surface area contributed by atoms with Crippen LogP contribution < -0.4 is 5.43 Å². The standard InChI is InChI=1S/C15H9NO5/c17-10-5-12(18)14-13(6-10)21-7-11(15(14)19)8-1-3-9(16-20)4-2-8/h1-7,17-18H. The lowest BCUT2D eigenvalue weighted by molar-refractivity contribution is 0.452. The molecule has 3 rings (SSSR count). The van der Waals surface area contributed by atoms with Crippen LogP contribution in [0.3, 0.4) is 0 Å². The molecule has 2 N–H and O–H groups in total. The fourth-order valence-corrected chi connectivity index (χ4v) is 2.12. The normalized spacial score (nSPS) is 10.7. The summed E-state index contributed by atoms with van der Waals surface area (Å²) in [5.74, 6) is -0.552. The van der Waals surface area contributed by atoms with E-state index < -0.39 is 5.43 Å². The Morgan fingerprint density at radius 3 is 2.43 bits per heavy atom. The van der Waals surface area contributed by atoms with Gasteiger partial charge in [-0.2, -0.15) is 0 Å². The lowest BCUT2D eigenvalue weighted by atomic mass is 10.0. The summed E-state index contributed by atoms with van der Waals surface area (Å²) in [6, 6.07) is 8.39. The van der Waals surface area contributed by atoms with E-state index in [1.807, 2.05) is 0 Å². The molecule has 0 spiro atoms. The Hall–Kier alpha value is -3.15. The first-order chi connectivity index (χ1) is 10.1. The van der Waals surface area contributed by atoms with Crippen molar-refractivity contribution in [1.29, 1.82) is 0 Å². The maximum atomic E-state index is 12.4. The smallest absolute Gasteiger partial charge is 0.204 e. The predicted molar refractivity (Wildman–Crippen MR) is 76.7 cm³/mol. The largest absolute Gasteiger partial charge is 0.508 e. The second kappa shape index (κ2) is 4.75.